The first-order chi connectivity index (χ1) is 11.8. The Kier molecular flexibility index (Phi) is 4.51. The summed E-state index contributed by atoms with van der Waals surface area (Å²) in [5, 5.41) is 2.92. The van der Waals surface area contributed by atoms with E-state index >= 15 is 0 Å². The van der Waals surface area contributed by atoms with E-state index in [4.69, 9.17) is 0 Å². The molecule has 0 radical (unpaired) electrons. The number of nitrogens with one attached hydrogen (secondary N) is 1. The first-order valence-electron chi connectivity index (χ1n) is 8.54. The van der Waals surface area contributed by atoms with Gasteiger partial charge in [0.05, 0.1) is 5.52 Å². The van der Waals surface area contributed by atoms with Crippen LogP contribution in [0.4, 0.5) is 0 Å². The molecule has 0 aliphatic carbocycles. The summed E-state index contributed by atoms with van der Waals surface area (Å²) < 4.78 is 1.71. The minimum absolute atomic E-state index is 0.135. The molecule has 1 saturated heterocycles. The molecule has 2 aromatic heterocycles. The van der Waals surface area contributed by atoms with Crippen molar-refractivity contribution in [1.82, 2.24) is 24.5 Å². The number of aromatic nitrogens is 2. The van der Waals surface area contributed by atoms with Crippen molar-refractivity contribution >= 4 is 17.3 Å². The second-order valence-corrected chi connectivity index (χ2v) is 7.54. The molecule has 0 atom stereocenters. The zero-order valence-electron chi connectivity index (χ0n) is 15.2. The number of carbonyl (C=O) groups is 2. The van der Waals surface area contributed by atoms with Crippen LogP contribution in [-0.4, -0.2) is 69.8 Å². The Bertz CT molecular complexity index is 797. The maximum Gasteiger partial charge on any atom is 0.290 e. The van der Waals surface area contributed by atoms with Gasteiger partial charge in [0, 0.05) is 37.9 Å². The largest absolute Gasteiger partial charge is 0.346 e. The maximum absolute atomic E-state index is 12.9. The third-order valence-electron chi connectivity index (χ3n) is 4.23. The number of pyridine rings is 1. The van der Waals surface area contributed by atoms with Crippen LogP contribution in [-0.2, 0) is 0 Å². The molecule has 3 rings (SSSR count). The van der Waals surface area contributed by atoms with Gasteiger partial charge in [-0.2, -0.15) is 0 Å². The van der Waals surface area contributed by atoms with Crippen molar-refractivity contribution in [1.29, 1.82) is 0 Å². The lowest BCUT2D eigenvalue weighted by molar-refractivity contribution is 0.0651. The SMILES string of the molecule is CN1CCN(C(=O)c2nc(C(=O)NC(C)(C)C)c3ccccn23)CC1. The molecule has 25 heavy (non-hydrogen) atoms. The van der Waals surface area contributed by atoms with E-state index in [1.807, 2.05) is 46.0 Å². The summed E-state index contributed by atoms with van der Waals surface area (Å²) in [6, 6.07) is 5.49. The van der Waals surface area contributed by atoms with Gasteiger partial charge in [0.15, 0.2) is 5.69 Å². The van der Waals surface area contributed by atoms with Crippen LogP contribution in [0.25, 0.3) is 5.52 Å². The van der Waals surface area contributed by atoms with E-state index in [0.717, 1.165) is 13.1 Å². The minimum atomic E-state index is -0.372. The van der Waals surface area contributed by atoms with Gasteiger partial charge in [-0.05, 0) is 40.0 Å². The second kappa shape index (κ2) is 6.48. The number of amides is 2. The Morgan fingerprint density at radius 3 is 2.44 bits per heavy atom. The molecular weight excluding hydrogens is 318 g/mol. The number of piperazine rings is 1. The summed E-state index contributed by atoms with van der Waals surface area (Å²) in [6.45, 7) is 8.76. The van der Waals surface area contributed by atoms with Gasteiger partial charge in [0.25, 0.3) is 11.8 Å². The number of imidazole rings is 1. The van der Waals surface area contributed by atoms with Crippen molar-refractivity contribution in [2.75, 3.05) is 33.2 Å². The van der Waals surface area contributed by atoms with Gasteiger partial charge in [0.2, 0.25) is 5.82 Å². The smallest absolute Gasteiger partial charge is 0.290 e. The van der Waals surface area contributed by atoms with Crippen LogP contribution in [0.1, 0.15) is 41.9 Å². The van der Waals surface area contributed by atoms with Gasteiger partial charge in [-0.25, -0.2) is 4.98 Å². The lowest BCUT2D eigenvalue weighted by Crippen LogP contribution is -2.47. The van der Waals surface area contributed by atoms with E-state index in [1.165, 1.54) is 0 Å². The lowest BCUT2D eigenvalue weighted by atomic mass is 10.1. The fourth-order valence-corrected chi connectivity index (χ4v) is 2.91. The highest BCUT2D eigenvalue weighted by molar-refractivity contribution is 6.02. The normalized spacial score (nSPS) is 16.2. The summed E-state index contributed by atoms with van der Waals surface area (Å²) in [7, 11) is 2.04. The zero-order chi connectivity index (χ0) is 18.2. The van der Waals surface area contributed by atoms with E-state index in [0.29, 0.717) is 24.4 Å². The van der Waals surface area contributed by atoms with E-state index in [-0.39, 0.29) is 23.0 Å². The molecule has 134 valence electrons. The fraction of sp³-hybridized carbons (Fsp3) is 0.500. The molecule has 2 amide bonds. The summed E-state index contributed by atoms with van der Waals surface area (Å²) >= 11 is 0. The van der Waals surface area contributed by atoms with Crippen molar-refractivity contribution in [2.24, 2.45) is 0 Å². The van der Waals surface area contributed by atoms with Crippen LogP contribution in [0.2, 0.25) is 0 Å². The summed E-state index contributed by atoms with van der Waals surface area (Å²) in [4.78, 5) is 33.9. The van der Waals surface area contributed by atoms with Gasteiger partial charge in [0.1, 0.15) is 0 Å². The van der Waals surface area contributed by atoms with Crippen LogP contribution < -0.4 is 5.32 Å². The molecule has 3 heterocycles. The quantitative estimate of drug-likeness (QED) is 0.891. The molecule has 7 heteroatoms. The lowest BCUT2D eigenvalue weighted by Gasteiger charge is -2.31. The van der Waals surface area contributed by atoms with Crippen LogP contribution in [0.3, 0.4) is 0 Å². The zero-order valence-corrected chi connectivity index (χ0v) is 15.2. The Morgan fingerprint density at radius 1 is 1.12 bits per heavy atom. The molecule has 1 fully saturated rings. The van der Waals surface area contributed by atoms with E-state index in [1.54, 1.807) is 15.5 Å². The van der Waals surface area contributed by atoms with Gasteiger partial charge in [-0.1, -0.05) is 6.07 Å². The van der Waals surface area contributed by atoms with E-state index in [9.17, 15) is 9.59 Å². The van der Waals surface area contributed by atoms with E-state index in [2.05, 4.69) is 15.2 Å². The standard InChI is InChI=1S/C18H25N5O2/c1-18(2,3)20-16(24)14-13-7-5-6-8-23(13)15(19-14)17(25)22-11-9-21(4)10-12-22/h5-8H,9-12H2,1-4H3,(H,20,24). The highest BCUT2D eigenvalue weighted by atomic mass is 16.2. The van der Waals surface area contributed by atoms with Crippen LogP contribution in [0.5, 0.6) is 0 Å². The number of hydrogen-bond acceptors (Lipinski definition) is 4. The first-order valence-corrected chi connectivity index (χ1v) is 8.54. The van der Waals surface area contributed by atoms with Crippen LogP contribution >= 0.6 is 0 Å². The predicted octanol–water partition coefficient (Wildman–Crippen LogP) is 1.25. The fourth-order valence-electron chi connectivity index (χ4n) is 2.91. The number of nitrogens with zero attached hydrogens (tertiary/aromatic N) is 4. The molecule has 0 unspecified atom stereocenters. The van der Waals surface area contributed by atoms with Gasteiger partial charge < -0.3 is 15.1 Å². The maximum atomic E-state index is 12.9. The average molecular weight is 343 g/mol. The Hall–Kier alpha value is -2.41. The topological polar surface area (TPSA) is 69.9 Å². The number of fused-ring (bicyclic) bond motifs is 1. The van der Waals surface area contributed by atoms with Crippen molar-refractivity contribution < 1.29 is 9.59 Å². The minimum Gasteiger partial charge on any atom is -0.346 e. The van der Waals surface area contributed by atoms with Crippen molar-refractivity contribution in [3.63, 3.8) is 0 Å². The van der Waals surface area contributed by atoms with Crippen molar-refractivity contribution in [2.45, 2.75) is 26.3 Å². The summed E-state index contributed by atoms with van der Waals surface area (Å²) in [5.74, 6) is -0.114. The molecule has 0 aromatic carbocycles. The number of rotatable bonds is 2. The highest BCUT2D eigenvalue weighted by Crippen LogP contribution is 2.16. The molecule has 0 bridgehead atoms. The molecule has 7 nitrogen and oxygen atoms in total. The molecule has 2 aromatic rings. The monoisotopic (exact) mass is 343 g/mol. The van der Waals surface area contributed by atoms with Crippen LogP contribution in [0, 0.1) is 0 Å². The van der Waals surface area contributed by atoms with E-state index < -0.39 is 0 Å². The van der Waals surface area contributed by atoms with Gasteiger partial charge in [-0.3, -0.25) is 14.0 Å². The van der Waals surface area contributed by atoms with Gasteiger partial charge >= 0.3 is 0 Å². The Balaban J connectivity index is 1.96. The average Bonchev–Trinajstić information content (AvgIpc) is 2.93. The number of hydrogen-bond donors (Lipinski definition) is 1. The van der Waals surface area contributed by atoms with Gasteiger partial charge in [-0.15, -0.1) is 0 Å². The van der Waals surface area contributed by atoms with Crippen molar-refractivity contribution in [3.05, 3.63) is 35.9 Å². The molecule has 0 saturated carbocycles. The van der Waals surface area contributed by atoms with Crippen LogP contribution in [0.15, 0.2) is 24.4 Å². The summed E-state index contributed by atoms with van der Waals surface area (Å²) in [6.07, 6.45) is 1.78. The molecule has 1 aliphatic rings. The third kappa shape index (κ3) is 3.66. The molecule has 0 spiro atoms. The molecule has 1 aliphatic heterocycles. The van der Waals surface area contributed by atoms with Crippen molar-refractivity contribution in [3.8, 4) is 0 Å². The summed E-state index contributed by atoms with van der Waals surface area (Å²) in [5.41, 5.74) is 0.554. The predicted molar refractivity (Wildman–Crippen MR) is 95.8 cm³/mol. The number of carbonyl (C=O) groups excluding carboxylic acids is 2. The number of likely N-dealkylation sites (N-methyl/N-ethyl adjacent to an activating group) is 1. The Morgan fingerprint density at radius 2 is 1.80 bits per heavy atom. The molecule has 1 N–H and O–H groups in total. The third-order valence-corrected chi connectivity index (χ3v) is 4.23. The Labute approximate surface area is 147 Å². The highest BCUT2D eigenvalue weighted by Gasteiger charge is 2.28. The molecular formula is C18H25N5O2. The first kappa shape index (κ1) is 17.4. The second-order valence-electron chi connectivity index (χ2n) is 7.54.